The number of aromatic nitrogens is 2. The molecule has 1 saturated heterocycles. The van der Waals surface area contributed by atoms with E-state index in [0.29, 0.717) is 0 Å². The molecule has 0 spiro atoms. The average Bonchev–Trinajstić information content (AvgIpc) is 2.91. The van der Waals surface area contributed by atoms with Crippen LogP contribution in [0.1, 0.15) is 27.2 Å². The van der Waals surface area contributed by atoms with Gasteiger partial charge in [-0.2, -0.15) is 4.98 Å². The van der Waals surface area contributed by atoms with Crippen LogP contribution in [0.25, 0.3) is 10.2 Å². The molecule has 0 amide bonds. The summed E-state index contributed by atoms with van der Waals surface area (Å²) in [5, 5.41) is 6.52. The molecule has 0 aliphatic carbocycles. The molecule has 0 aromatic carbocycles. The standard InChI is InChI=1S/C15H22N4OS/c1-4-6-16-14-17-12(11-5-9-21-13(11)18-14)19-7-8-20-15(2,3)10-19/h5,9H,4,6-8,10H2,1-3H3,(H,16,17,18). The van der Waals surface area contributed by atoms with Crippen molar-refractivity contribution in [3.8, 4) is 0 Å². The van der Waals surface area contributed by atoms with E-state index in [-0.39, 0.29) is 5.60 Å². The Morgan fingerprint density at radius 2 is 2.29 bits per heavy atom. The lowest BCUT2D eigenvalue weighted by Gasteiger charge is -2.39. The third kappa shape index (κ3) is 3.11. The van der Waals surface area contributed by atoms with Crippen LogP contribution in [0.4, 0.5) is 11.8 Å². The van der Waals surface area contributed by atoms with Crippen LogP contribution in [-0.4, -0.2) is 41.8 Å². The molecule has 0 bridgehead atoms. The minimum atomic E-state index is -0.136. The quantitative estimate of drug-likeness (QED) is 0.940. The molecule has 0 unspecified atom stereocenters. The Kier molecular flexibility index (Phi) is 3.99. The van der Waals surface area contributed by atoms with E-state index in [1.165, 1.54) is 0 Å². The molecule has 5 nitrogen and oxygen atoms in total. The zero-order valence-electron chi connectivity index (χ0n) is 12.8. The topological polar surface area (TPSA) is 50.3 Å². The Bertz CT molecular complexity index is 625. The molecule has 0 atom stereocenters. The molecule has 1 N–H and O–H groups in total. The SMILES string of the molecule is CCCNc1nc(N2CCOC(C)(C)C2)c2ccsc2n1. The van der Waals surface area contributed by atoms with Gasteiger partial charge in [-0.3, -0.25) is 0 Å². The van der Waals surface area contributed by atoms with Crippen LogP contribution in [0.3, 0.4) is 0 Å². The minimum Gasteiger partial charge on any atom is -0.372 e. The van der Waals surface area contributed by atoms with Gasteiger partial charge >= 0.3 is 0 Å². The lowest BCUT2D eigenvalue weighted by atomic mass is 10.1. The maximum Gasteiger partial charge on any atom is 0.226 e. The van der Waals surface area contributed by atoms with E-state index < -0.39 is 0 Å². The van der Waals surface area contributed by atoms with Crippen LogP contribution in [0.15, 0.2) is 11.4 Å². The molecule has 3 heterocycles. The molecule has 21 heavy (non-hydrogen) atoms. The van der Waals surface area contributed by atoms with Gasteiger partial charge in [0, 0.05) is 19.6 Å². The second-order valence-corrected chi connectivity index (χ2v) is 6.86. The summed E-state index contributed by atoms with van der Waals surface area (Å²) in [6, 6.07) is 2.11. The number of morpholine rings is 1. The van der Waals surface area contributed by atoms with Crippen molar-refractivity contribution in [3.63, 3.8) is 0 Å². The fourth-order valence-electron chi connectivity index (χ4n) is 2.59. The van der Waals surface area contributed by atoms with Crippen molar-refractivity contribution >= 4 is 33.3 Å². The predicted molar refractivity (Wildman–Crippen MR) is 88.4 cm³/mol. The number of nitrogens with one attached hydrogen (secondary N) is 1. The summed E-state index contributed by atoms with van der Waals surface area (Å²) in [5.74, 6) is 1.75. The molecule has 3 rings (SSSR count). The second-order valence-electron chi connectivity index (χ2n) is 5.97. The van der Waals surface area contributed by atoms with Crippen LogP contribution < -0.4 is 10.2 Å². The molecule has 1 aliphatic rings. The minimum absolute atomic E-state index is 0.136. The number of ether oxygens (including phenoxy) is 1. The van der Waals surface area contributed by atoms with Gasteiger partial charge in [-0.05, 0) is 31.7 Å². The van der Waals surface area contributed by atoms with Crippen molar-refractivity contribution in [1.82, 2.24) is 9.97 Å². The van der Waals surface area contributed by atoms with Crippen LogP contribution in [-0.2, 0) is 4.74 Å². The zero-order valence-corrected chi connectivity index (χ0v) is 13.7. The lowest BCUT2D eigenvalue weighted by Crippen LogP contribution is -2.48. The molecular weight excluding hydrogens is 284 g/mol. The maximum atomic E-state index is 5.81. The molecule has 0 radical (unpaired) electrons. The Morgan fingerprint density at radius 1 is 1.43 bits per heavy atom. The highest BCUT2D eigenvalue weighted by molar-refractivity contribution is 7.16. The Morgan fingerprint density at radius 3 is 3.05 bits per heavy atom. The first-order valence-corrected chi connectivity index (χ1v) is 8.35. The number of nitrogens with zero attached hydrogens (tertiary/aromatic N) is 3. The first-order chi connectivity index (χ1) is 10.1. The highest BCUT2D eigenvalue weighted by Gasteiger charge is 2.29. The van der Waals surface area contributed by atoms with Gasteiger partial charge < -0.3 is 15.0 Å². The van der Waals surface area contributed by atoms with Crippen molar-refractivity contribution in [2.24, 2.45) is 0 Å². The van der Waals surface area contributed by atoms with Crippen molar-refractivity contribution in [2.75, 3.05) is 36.5 Å². The van der Waals surface area contributed by atoms with Crippen molar-refractivity contribution < 1.29 is 4.74 Å². The Labute approximate surface area is 129 Å². The van der Waals surface area contributed by atoms with Crippen LogP contribution in [0, 0.1) is 0 Å². The first kappa shape index (κ1) is 14.5. The van der Waals surface area contributed by atoms with Gasteiger partial charge in [0.1, 0.15) is 10.6 Å². The fraction of sp³-hybridized carbons (Fsp3) is 0.600. The van der Waals surface area contributed by atoms with E-state index >= 15 is 0 Å². The number of thiophene rings is 1. The molecular formula is C15H22N4OS. The van der Waals surface area contributed by atoms with E-state index in [1.807, 2.05) is 0 Å². The smallest absolute Gasteiger partial charge is 0.226 e. The van der Waals surface area contributed by atoms with E-state index in [2.05, 4.69) is 47.4 Å². The molecule has 1 fully saturated rings. The zero-order chi connectivity index (χ0) is 14.9. The fourth-order valence-corrected chi connectivity index (χ4v) is 3.35. The molecule has 0 saturated carbocycles. The summed E-state index contributed by atoms with van der Waals surface area (Å²) < 4.78 is 5.81. The predicted octanol–water partition coefficient (Wildman–Crippen LogP) is 3.13. The van der Waals surface area contributed by atoms with Gasteiger partial charge in [0.2, 0.25) is 5.95 Å². The summed E-state index contributed by atoms with van der Waals surface area (Å²) in [5.41, 5.74) is -0.136. The number of anilines is 2. The average molecular weight is 306 g/mol. The van der Waals surface area contributed by atoms with Crippen LogP contribution in [0.5, 0.6) is 0 Å². The number of fused-ring (bicyclic) bond motifs is 1. The van der Waals surface area contributed by atoms with Gasteiger partial charge in [0.25, 0.3) is 0 Å². The summed E-state index contributed by atoms with van der Waals surface area (Å²) in [4.78, 5) is 12.7. The molecule has 2 aromatic heterocycles. The van der Waals surface area contributed by atoms with E-state index in [4.69, 9.17) is 9.72 Å². The number of rotatable bonds is 4. The van der Waals surface area contributed by atoms with E-state index in [1.54, 1.807) is 11.3 Å². The highest BCUT2D eigenvalue weighted by Crippen LogP contribution is 2.31. The number of hydrogen-bond donors (Lipinski definition) is 1. The summed E-state index contributed by atoms with van der Waals surface area (Å²) >= 11 is 1.66. The van der Waals surface area contributed by atoms with Gasteiger partial charge in [0.05, 0.1) is 17.6 Å². The van der Waals surface area contributed by atoms with Crippen molar-refractivity contribution in [1.29, 1.82) is 0 Å². The van der Waals surface area contributed by atoms with Crippen LogP contribution in [0.2, 0.25) is 0 Å². The third-order valence-electron chi connectivity index (χ3n) is 3.56. The van der Waals surface area contributed by atoms with Gasteiger partial charge in [-0.15, -0.1) is 11.3 Å². The van der Waals surface area contributed by atoms with Gasteiger partial charge in [0.15, 0.2) is 0 Å². The second kappa shape index (κ2) is 5.77. The van der Waals surface area contributed by atoms with Gasteiger partial charge in [-0.25, -0.2) is 4.98 Å². The lowest BCUT2D eigenvalue weighted by molar-refractivity contribution is -0.0278. The molecule has 6 heteroatoms. The van der Waals surface area contributed by atoms with Crippen LogP contribution >= 0.6 is 11.3 Å². The highest BCUT2D eigenvalue weighted by atomic mass is 32.1. The van der Waals surface area contributed by atoms with E-state index in [0.717, 1.165) is 54.6 Å². The normalized spacial score (nSPS) is 18.1. The Hall–Kier alpha value is -1.40. The van der Waals surface area contributed by atoms with Crippen molar-refractivity contribution in [2.45, 2.75) is 32.8 Å². The number of hydrogen-bond acceptors (Lipinski definition) is 6. The summed E-state index contributed by atoms with van der Waals surface area (Å²) in [6.07, 6.45) is 1.06. The summed E-state index contributed by atoms with van der Waals surface area (Å²) in [6.45, 7) is 9.75. The van der Waals surface area contributed by atoms with E-state index in [9.17, 15) is 0 Å². The summed E-state index contributed by atoms with van der Waals surface area (Å²) in [7, 11) is 0. The first-order valence-electron chi connectivity index (χ1n) is 7.47. The Balaban J connectivity index is 1.97. The monoisotopic (exact) mass is 306 g/mol. The molecule has 2 aromatic rings. The maximum absolute atomic E-state index is 5.81. The largest absolute Gasteiger partial charge is 0.372 e. The molecule has 1 aliphatic heterocycles. The molecule has 114 valence electrons. The third-order valence-corrected chi connectivity index (χ3v) is 4.37. The van der Waals surface area contributed by atoms with Gasteiger partial charge in [-0.1, -0.05) is 6.92 Å². The van der Waals surface area contributed by atoms with Crippen molar-refractivity contribution in [3.05, 3.63) is 11.4 Å².